The lowest BCUT2D eigenvalue weighted by atomic mass is 10.0. The predicted octanol–water partition coefficient (Wildman–Crippen LogP) is 3.82. The maximum Gasteiger partial charge on any atom is 0.265 e. The molecule has 0 saturated heterocycles. The number of carbonyl (C=O) groups is 1. The van der Waals surface area contributed by atoms with Gasteiger partial charge in [-0.3, -0.25) is 4.79 Å². The van der Waals surface area contributed by atoms with Crippen molar-refractivity contribution in [3.8, 4) is 11.5 Å². The van der Waals surface area contributed by atoms with Crippen molar-refractivity contribution >= 4 is 17.8 Å². The van der Waals surface area contributed by atoms with Gasteiger partial charge in [-0.1, -0.05) is 43.3 Å². The van der Waals surface area contributed by atoms with E-state index in [0.717, 1.165) is 5.56 Å². The van der Waals surface area contributed by atoms with Crippen LogP contribution in [0.15, 0.2) is 47.6 Å². The molecule has 1 amide bonds. The molecule has 0 heterocycles. The Kier molecular flexibility index (Phi) is 7.02. The van der Waals surface area contributed by atoms with E-state index in [1.807, 2.05) is 12.1 Å². The molecule has 0 atom stereocenters. The molecule has 0 spiro atoms. The minimum atomic E-state index is -0.333. The predicted molar refractivity (Wildman–Crippen MR) is 102 cm³/mol. The highest BCUT2D eigenvalue weighted by Crippen LogP contribution is 2.28. The first-order valence-electron chi connectivity index (χ1n) is 8.30. The molecule has 0 fully saturated rings. The average molecular weight is 356 g/mol. The first kappa shape index (κ1) is 19.3. The highest BCUT2D eigenvalue weighted by Gasteiger charge is 2.09. The summed E-state index contributed by atoms with van der Waals surface area (Å²) in [6, 6.07) is 13.2. The molecule has 0 bridgehead atoms. The third kappa shape index (κ3) is 5.51. The third-order valence-corrected chi connectivity index (χ3v) is 3.76. The summed E-state index contributed by atoms with van der Waals surface area (Å²) in [5.74, 6) is 1.30. The molecule has 2 rings (SSSR count). The van der Waals surface area contributed by atoms with Gasteiger partial charge in [-0.25, -0.2) is 0 Å². The topological polar surface area (TPSA) is 69.2 Å². The fourth-order valence-electron chi connectivity index (χ4n) is 2.25. The lowest BCUT2D eigenvalue weighted by molar-refractivity contribution is -0.120. The normalized spacial score (nSPS) is 10.8. The van der Waals surface area contributed by atoms with Crippen molar-refractivity contribution in [1.82, 2.24) is 0 Å². The quantitative estimate of drug-likeness (QED) is 0.577. The number of hydrogen-bond donors (Lipinski definition) is 1. The van der Waals surface area contributed by atoms with Gasteiger partial charge >= 0.3 is 0 Å². The fraction of sp³-hybridized carbons (Fsp3) is 0.300. The van der Waals surface area contributed by atoms with E-state index in [-0.39, 0.29) is 12.5 Å². The Balaban J connectivity index is 1.85. The summed E-state index contributed by atoms with van der Waals surface area (Å²) >= 11 is 0. The van der Waals surface area contributed by atoms with Crippen LogP contribution < -0.4 is 14.8 Å². The van der Waals surface area contributed by atoms with Crippen molar-refractivity contribution < 1.29 is 19.1 Å². The fourth-order valence-corrected chi connectivity index (χ4v) is 2.25. The number of anilines is 1. The molecule has 138 valence electrons. The molecule has 0 aliphatic carbocycles. The zero-order valence-electron chi connectivity index (χ0n) is 15.5. The van der Waals surface area contributed by atoms with Gasteiger partial charge in [-0.2, -0.15) is 0 Å². The van der Waals surface area contributed by atoms with E-state index < -0.39 is 0 Å². The highest BCUT2D eigenvalue weighted by atomic mass is 16.6. The Bertz CT molecular complexity index is 755. The van der Waals surface area contributed by atoms with Crippen molar-refractivity contribution in [2.24, 2.45) is 5.16 Å². The molecular formula is C20H24N2O4. The van der Waals surface area contributed by atoms with Crippen LogP contribution in [0.5, 0.6) is 11.5 Å². The zero-order chi connectivity index (χ0) is 18.9. The molecular weight excluding hydrogens is 332 g/mol. The van der Waals surface area contributed by atoms with Gasteiger partial charge < -0.3 is 19.6 Å². The molecule has 0 aromatic heterocycles. The summed E-state index contributed by atoms with van der Waals surface area (Å²) in [7, 11) is 3.09. The summed E-state index contributed by atoms with van der Waals surface area (Å²) in [6.07, 6.45) is 1.57. The van der Waals surface area contributed by atoms with E-state index in [2.05, 4.69) is 36.5 Å². The number of amides is 1. The summed E-state index contributed by atoms with van der Waals surface area (Å²) in [4.78, 5) is 17.0. The number of nitrogens with one attached hydrogen (secondary N) is 1. The van der Waals surface area contributed by atoms with Crippen molar-refractivity contribution in [2.45, 2.75) is 19.8 Å². The maximum absolute atomic E-state index is 12.0. The second-order valence-corrected chi connectivity index (χ2v) is 5.94. The van der Waals surface area contributed by atoms with Gasteiger partial charge in [0.05, 0.1) is 26.1 Å². The van der Waals surface area contributed by atoms with Crippen molar-refractivity contribution in [3.63, 3.8) is 0 Å². The van der Waals surface area contributed by atoms with Crippen LogP contribution in [0, 0.1) is 0 Å². The van der Waals surface area contributed by atoms with E-state index in [9.17, 15) is 4.79 Å². The SMILES string of the molecule is COc1ccc(NC(=O)CO/N=C/c2ccc(C(C)C)cc2)c(OC)c1. The number of hydrogen-bond acceptors (Lipinski definition) is 5. The Morgan fingerprint density at radius 1 is 1.12 bits per heavy atom. The number of benzene rings is 2. The van der Waals surface area contributed by atoms with Crippen LogP contribution in [0.4, 0.5) is 5.69 Å². The van der Waals surface area contributed by atoms with Gasteiger partial charge in [-0.15, -0.1) is 0 Å². The minimum Gasteiger partial charge on any atom is -0.497 e. The molecule has 6 heteroatoms. The van der Waals surface area contributed by atoms with Gasteiger partial charge in [0, 0.05) is 6.07 Å². The van der Waals surface area contributed by atoms with Crippen molar-refractivity contribution in [3.05, 3.63) is 53.6 Å². The molecule has 6 nitrogen and oxygen atoms in total. The summed E-state index contributed by atoms with van der Waals surface area (Å²) in [6.45, 7) is 4.08. The van der Waals surface area contributed by atoms with Crippen molar-refractivity contribution in [1.29, 1.82) is 0 Å². The van der Waals surface area contributed by atoms with Crippen molar-refractivity contribution in [2.75, 3.05) is 26.1 Å². The van der Waals surface area contributed by atoms with Crippen LogP contribution >= 0.6 is 0 Å². The Morgan fingerprint density at radius 2 is 1.85 bits per heavy atom. The number of methoxy groups -OCH3 is 2. The molecule has 26 heavy (non-hydrogen) atoms. The second-order valence-electron chi connectivity index (χ2n) is 5.94. The second kappa shape index (κ2) is 9.46. The van der Waals surface area contributed by atoms with E-state index in [1.165, 1.54) is 12.7 Å². The van der Waals surface area contributed by atoms with Gasteiger partial charge in [0.25, 0.3) is 5.91 Å². The standard InChI is InChI=1S/C20H24N2O4/c1-14(2)16-7-5-15(6-8-16)12-21-26-13-20(23)22-18-10-9-17(24-3)11-19(18)25-4/h5-12,14H,13H2,1-4H3,(H,22,23)/b21-12+. The Labute approximate surface area is 153 Å². The Morgan fingerprint density at radius 3 is 2.46 bits per heavy atom. The van der Waals surface area contributed by atoms with E-state index >= 15 is 0 Å². The van der Waals surface area contributed by atoms with E-state index in [1.54, 1.807) is 31.5 Å². The number of carbonyl (C=O) groups excluding carboxylic acids is 1. The van der Waals surface area contributed by atoms with Crippen LogP contribution in [0.3, 0.4) is 0 Å². The van der Waals surface area contributed by atoms with E-state index in [0.29, 0.717) is 23.1 Å². The van der Waals surface area contributed by atoms with Crippen LogP contribution in [0.2, 0.25) is 0 Å². The molecule has 0 aliphatic rings. The van der Waals surface area contributed by atoms with Crippen LogP contribution in [-0.2, 0) is 9.63 Å². The summed E-state index contributed by atoms with van der Waals surface area (Å²) in [5.41, 5.74) is 2.71. The molecule has 0 aliphatic heterocycles. The van der Waals surface area contributed by atoms with Crippen LogP contribution in [0.25, 0.3) is 0 Å². The first-order valence-corrected chi connectivity index (χ1v) is 8.30. The van der Waals surface area contributed by atoms with Crippen LogP contribution in [0.1, 0.15) is 30.9 Å². The third-order valence-electron chi connectivity index (χ3n) is 3.76. The molecule has 2 aromatic rings. The first-order chi connectivity index (χ1) is 12.5. The summed E-state index contributed by atoms with van der Waals surface area (Å²) in [5, 5.41) is 6.54. The number of rotatable bonds is 8. The maximum atomic E-state index is 12.0. The highest BCUT2D eigenvalue weighted by molar-refractivity contribution is 5.93. The van der Waals surface area contributed by atoms with E-state index in [4.69, 9.17) is 14.3 Å². The van der Waals surface area contributed by atoms with Gasteiger partial charge in [-0.05, 0) is 29.2 Å². The minimum absolute atomic E-state index is 0.199. The average Bonchev–Trinajstić information content (AvgIpc) is 2.66. The summed E-state index contributed by atoms with van der Waals surface area (Å²) < 4.78 is 10.4. The number of ether oxygens (including phenoxy) is 2. The monoisotopic (exact) mass is 356 g/mol. The molecule has 0 radical (unpaired) electrons. The van der Waals surface area contributed by atoms with Gasteiger partial charge in [0.15, 0.2) is 6.61 Å². The van der Waals surface area contributed by atoms with Gasteiger partial charge in [0.2, 0.25) is 0 Å². The van der Waals surface area contributed by atoms with Gasteiger partial charge in [0.1, 0.15) is 11.5 Å². The molecule has 0 saturated carbocycles. The Hall–Kier alpha value is -3.02. The van der Waals surface area contributed by atoms with Crippen LogP contribution in [-0.4, -0.2) is 32.9 Å². The largest absolute Gasteiger partial charge is 0.497 e. The number of oxime groups is 1. The molecule has 0 unspecified atom stereocenters. The lowest BCUT2D eigenvalue weighted by Crippen LogP contribution is -2.17. The molecule has 2 aromatic carbocycles. The number of nitrogens with zero attached hydrogens (tertiary/aromatic N) is 1. The lowest BCUT2D eigenvalue weighted by Gasteiger charge is -2.11. The zero-order valence-corrected chi connectivity index (χ0v) is 15.5. The smallest absolute Gasteiger partial charge is 0.265 e. The molecule has 1 N–H and O–H groups in total.